The minimum atomic E-state index is 0.0229. The quantitative estimate of drug-likeness (QED) is 0.912. The van der Waals surface area contributed by atoms with Crippen molar-refractivity contribution in [2.45, 2.75) is 32.4 Å². The predicted molar refractivity (Wildman–Crippen MR) is 84.4 cm³/mol. The van der Waals surface area contributed by atoms with Crippen LogP contribution >= 0.6 is 0 Å². The molecule has 1 aliphatic rings. The van der Waals surface area contributed by atoms with Crippen molar-refractivity contribution in [3.8, 4) is 0 Å². The lowest BCUT2D eigenvalue weighted by Crippen LogP contribution is -2.39. The lowest BCUT2D eigenvalue weighted by atomic mass is 10.2. The average Bonchev–Trinajstić information content (AvgIpc) is 3.10. The van der Waals surface area contributed by atoms with Crippen molar-refractivity contribution < 1.29 is 4.79 Å². The van der Waals surface area contributed by atoms with Crippen LogP contribution in [0.1, 0.15) is 18.4 Å². The Morgan fingerprint density at radius 3 is 2.95 bits per heavy atom. The van der Waals surface area contributed by atoms with Gasteiger partial charge in [-0.1, -0.05) is 0 Å². The third kappa shape index (κ3) is 3.71. The number of nitrogens with one attached hydrogen (secondary N) is 1. The van der Waals surface area contributed by atoms with Crippen molar-refractivity contribution in [1.82, 2.24) is 19.7 Å². The number of hydrogen-bond donors (Lipinski definition) is 1. The number of likely N-dealkylation sites (tertiary alicyclic amines) is 1. The van der Waals surface area contributed by atoms with Crippen LogP contribution < -0.4 is 5.32 Å². The van der Waals surface area contributed by atoms with Gasteiger partial charge in [0.25, 0.3) is 0 Å². The van der Waals surface area contributed by atoms with E-state index in [4.69, 9.17) is 0 Å². The summed E-state index contributed by atoms with van der Waals surface area (Å²) >= 11 is 0. The average molecular weight is 299 g/mol. The van der Waals surface area contributed by atoms with Crippen LogP contribution in [0.15, 0.2) is 36.9 Å². The van der Waals surface area contributed by atoms with Gasteiger partial charge < -0.3 is 5.32 Å². The van der Waals surface area contributed by atoms with E-state index in [2.05, 4.69) is 20.3 Å². The highest BCUT2D eigenvalue weighted by atomic mass is 16.2. The number of amides is 1. The fourth-order valence-electron chi connectivity index (χ4n) is 2.91. The topological polar surface area (TPSA) is 63.1 Å². The molecule has 0 unspecified atom stereocenters. The van der Waals surface area contributed by atoms with Gasteiger partial charge in [0.2, 0.25) is 5.91 Å². The number of aromatic nitrogens is 3. The first-order valence-electron chi connectivity index (χ1n) is 7.64. The Morgan fingerprint density at radius 1 is 1.41 bits per heavy atom. The number of pyridine rings is 1. The summed E-state index contributed by atoms with van der Waals surface area (Å²) in [6.45, 7) is 4.27. The minimum absolute atomic E-state index is 0.0229. The molecule has 0 spiro atoms. The summed E-state index contributed by atoms with van der Waals surface area (Å²) in [5.41, 5.74) is 1.96. The van der Waals surface area contributed by atoms with Gasteiger partial charge in [-0.3, -0.25) is 19.4 Å². The van der Waals surface area contributed by atoms with Crippen LogP contribution in [0.5, 0.6) is 0 Å². The Hall–Kier alpha value is -2.21. The van der Waals surface area contributed by atoms with Gasteiger partial charge >= 0.3 is 0 Å². The second kappa shape index (κ2) is 6.70. The highest BCUT2D eigenvalue weighted by Crippen LogP contribution is 2.18. The number of carbonyl (C=O) groups excluding carboxylic acids is 1. The minimum Gasteiger partial charge on any atom is -0.325 e. The zero-order valence-corrected chi connectivity index (χ0v) is 12.8. The fourth-order valence-corrected chi connectivity index (χ4v) is 2.91. The molecule has 0 radical (unpaired) electrons. The van der Waals surface area contributed by atoms with Crippen molar-refractivity contribution in [2.24, 2.45) is 0 Å². The van der Waals surface area contributed by atoms with Crippen LogP contribution in [0.3, 0.4) is 0 Å². The first-order chi connectivity index (χ1) is 10.7. The molecule has 3 rings (SSSR count). The van der Waals surface area contributed by atoms with Gasteiger partial charge in [-0.05, 0) is 44.0 Å². The molecule has 2 aromatic rings. The first kappa shape index (κ1) is 14.7. The number of aryl methyl sites for hydroxylation is 1. The fraction of sp³-hybridized carbons (Fsp3) is 0.438. The monoisotopic (exact) mass is 299 g/mol. The van der Waals surface area contributed by atoms with E-state index in [1.165, 1.54) is 5.56 Å². The van der Waals surface area contributed by atoms with Crippen molar-refractivity contribution >= 4 is 11.6 Å². The Bertz CT molecular complexity index is 624. The maximum absolute atomic E-state index is 12.2. The van der Waals surface area contributed by atoms with E-state index in [9.17, 15) is 4.79 Å². The van der Waals surface area contributed by atoms with Crippen LogP contribution in [-0.4, -0.2) is 44.7 Å². The van der Waals surface area contributed by atoms with Crippen molar-refractivity contribution in [3.05, 3.63) is 42.5 Å². The normalized spacial score (nSPS) is 18.5. The van der Waals surface area contributed by atoms with Gasteiger partial charge in [0.05, 0.1) is 19.3 Å². The summed E-state index contributed by atoms with van der Waals surface area (Å²) in [5.74, 6) is 0.0229. The zero-order valence-electron chi connectivity index (χ0n) is 12.8. The number of anilines is 1. The van der Waals surface area contributed by atoms with Gasteiger partial charge in [0, 0.05) is 30.3 Å². The van der Waals surface area contributed by atoms with Crippen LogP contribution in [0.4, 0.5) is 5.69 Å². The van der Waals surface area contributed by atoms with E-state index in [0.717, 1.165) is 31.6 Å². The SMILES string of the molecule is Cc1cnn(C[C@H]2CCCN2CC(=O)Nc2ccncc2)c1. The molecule has 116 valence electrons. The lowest BCUT2D eigenvalue weighted by Gasteiger charge is -2.23. The maximum atomic E-state index is 12.2. The molecule has 6 heteroatoms. The van der Waals surface area contributed by atoms with Gasteiger partial charge in [-0.2, -0.15) is 5.10 Å². The summed E-state index contributed by atoms with van der Waals surface area (Å²) in [7, 11) is 0. The molecule has 0 saturated carbocycles. The van der Waals surface area contributed by atoms with Crippen molar-refractivity contribution in [2.75, 3.05) is 18.4 Å². The summed E-state index contributed by atoms with van der Waals surface area (Å²) in [5, 5.41) is 7.26. The highest BCUT2D eigenvalue weighted by Gasteiger charge is 2.26. The summed E-state index contributed by atoms with van der Waals surface area (Å²) in [4.78, 5) is 18.4. The molecule has 1 N–H and O–H groups in total. The van der Waals surface area contributed by atoms with Gasteiger partial charge in [0.15, 0.2) is 0 Å². The maximum Gasteiger partial charge on any atom is 0.238 e. The molecule has 6 nitrogen and oxygen atoms in total. The standard InChI is InChI=1S/C16H21N5O/c1-13-9-18-21(10-13)11-15-3-2-8-20(15)12-16(22)19-14-4-6-17-7-5-14/h4-7,9-10,15H,2-3,8,11-12H2,1H3,(H,17,19,22)/t15-/m1/s1. The summed E-state index contributed by atoms with van der Waals surface area (Å²) in [6, 6.07) is 3.97. The van der Waals surface area contributed by atoms with Gasteiger partial charge in [-0.15, -0.1) is 0 Å². The van der Waals surface area contributed by atoms with Crippen LogP contribution in [-0.2, 0) is 11.3 Å². The second-order valence-corrected chi connectivity index (χ2v) is 5.79. The molecule has 22 heavy (non-hydrogen) atoms. The first-order valence-corrected chi connectivity index (χ1v) is 7.64. The van der Waals surface area contributed by atoms with Crippen LogP contribution in [0.25, 0.3) is 0 Å². The van der Waals surface area contributed by atoms with Crippen molar-refractivity contribution in [1.29, 1.82) is 0 Å². The van der Waals surface area contributed by atoms with E-state index in [-0.39, 0.29) is 5.91 Å². The third-order valence-corrected chi connectivity index (χ3v) is 3.97. The largest absolute Gasteiger partial charge is 0.325 e. The van der Waals surface area contributed by atoms with Crippen LogP contribution in [0, 0.1) is 6.92 Å². The van der Waals surface area contributed by atoms with Crippen molar-refractivity contribution in [3.63, 3.8) is 0 Å². The Labute approximate surface area is 130 Å². The van der Waals surface area contributed by atoms with Gasteiger partial charge in [-0.25, -0.2) is 0 Å². The molecule has 1 atom stereocenters. The Balaban J connectivity index is 1.55. The lowest BCUT2D eigenvalue weighted by molar-refractivity contribution is -0.117. The van der Waals surface area contributed by atoms with Crippen LogP contribution in [0.2, 0.25) is 0 Å². The number of carbonyl (C=O) groups is 1. The molecule has 0 bridgehead atoms. The molecule has 2 aromatic heterocycles. The predicted octanol–water partition coefficient (Wildman–Crippen LogP) is 1.69. The highest BCUT2D eigenvalue weighted by molar-refractivity contribution is 5.92. The summed E-state index contributed by atoms with van der Waals surface area (Å²) in [6.07, 6.45) is 9.51. The Kier molecular flexibility index (Phi) is 4.48. The van der Waals surface area contributed by atoms with E-state index in [0.29, 0.717) is 12.6 Å². The molecular weight excluding hydrogens is 278 g/mol. The smallest absolute Gasteiger partial charge is 0.238 e. The molecule has 1 fully saturated rings. The number of hydrogen-bond acceptors (Lipinski definition) is 4. The number of rotatable bonds is 5. The summed E-state index contributed by atoms with van der Waals surface area (Å²) < 4.78 is 1.97. The molecule has 1 aliphatic heterocycles. The molecule has 1 amide bonds. The molecule has 0 aromatic carbocycles. The Morgan fingerprint density at radius 2 is 2.23 bits per heavy atom. The zero-order chi connectivity index (χ0) is 15.4. The van der Waals surface area contributed by atoms with E-state index < -0.39 is 0 Å². The van der Waals surface area contributed by atoms with Gasteiger partial charge in [0.1, 0.15) is 0 Å². The van der Waals surface area contributed by atoms with E-state index in [1.54, 1.807) is 24.5 Å². The van der Waals surface area contributed by atoms with E-state index in [1.807, 2.05) is 24.0 Å². The van der Waals surface area contributed by atoms with E-state index >= 15 is 0 Å². The molecule has 0 aliphatic carbocycles. The second-order valence-electron chi connectivity index (χ2n) is 5.79. The molecule has 1 saturated heterocycles. The number of nitrogens with zero attached hydrogens (tertiary/aromatic N) is 4. The third-order valence-electron chi connectivity index (χ3n) is 3.97. The molecular formula is C16H21N5O. The molecule has 3 heterocycles.